The largest absolute Gasteiger partial charge is 0.330 e. The minimum absolute atomic E-state index is 0.424. The van der Waals surface area contributed by atoms with Crippen molar-refractivity contribution in [2.24, 2.45) is 17.1 Å². The maximum Gasteiger partial charge on any atom is 0.0318 e. The summed E-state index contributed by atoms with van der Waals surface area (Å²) in [5.41, 5.74) is 6.10. The number of nitrogens with two attached hydrogens (primary N) is 1. The molecule has 0 aliphatic carbocycles. The van der Waals surface area contributed by atoms with Crippen molar-refractivity contribution in [3.8, 4) is 0 Å². The number of rotatable bonds is 6. The van der Waals surface area contributed by atoms with Gasteiger partial charge in [0.2, 0.25) is 0 Å². The van der Waals surface area contributed by atoms with E-state index in [2.05, 4.69) is 36.3 Å². The molecule has 2 atom stereocenters. The third-order valence-electron chi connectivity index (χ3n) is 4.83. The highest BCUT2D eigenvalue weighted by molar-refractivity contribution is 4.93. The maximum absolute atomic E-state index is 5.67. The molecule has 0 aromatic carbocycles. The first kappa shape index (κ1) is 15.2. The van der Waals surface area contributed by atoms with Gasteiger partial charge in [0.1, 0.15) is 0 Å². The summed E-state index contributed by atoms with van der Waals surface area (Å²) in [7, 11) is 0. The molecule has 2 heterocycles. The molecule has 2 unspecified atom stereocenters. The van der Waals surface area contributed by atoms with E-state index in [0.717, 1.165) is 38.5 Å². The summed E-state index contributed by atoms with van der Waals surface area (Å²) in [4.78, 5) is 2.67. The molecule has 112 valence electrons. The van der Waals surface area contributed by atoms with Crippen LogP contribution in [0.2, 0.25) is 0 Å². The molecule has 0 spiro atoms. The van der Waals surface area contributed by atoms with Crippen molar-refractivity contribution in [2.75, 3.05) is 39.3 Å². The van der Waals surface area contributed by atoms with Crippen molar-refractivity contribution in [1.29, 1.82) is 0 Å². The van der Waals surface area contributed by atoms with Gasteiger partial charge in [0, 0.05) is 38.3 Å². The lowest BCUT2D eigenvalue weighted by Crippen LogP contribution is -2.57. The molecule has 0 aromatic heterocycles. The summed E-state index contributed by atoms with van der Waals surface area (Å²) in [6.07, 6.45) is 2.46. The average molecular weight is 268 g/mol. The summed E-state index contributed by atoms with van der Waals surface area (Å²) in [5.74, 6) is 0.816. The third kappa shape index (κ3) is 4.15. The number of hydrogen-bond donors (Lipinski definition) is 3. The zero-order chi connectivity index (χ0) is 13.9. The number of likely N-dealkylation sites (tertiary alicyclic amines) is 1. The predicted octanol–water partition coefficient (Wildman–Crippen LogP) is 0.633. The van der Waals surface area contributed by atoms with E-state index in [4.69, 9.17) is 5.73 Å². The third-order valence-corrected chi connectivity index (χ3v) is 4.83. The molecular formula is C15H32N4. The van der Waals surface area contributed by atoms with Crippen LogP contribution in [0.5, 0.6) is 0 Å². The molecular weight excluding hydrogens is 236 g/mol. The quantitative estimate of drug-likeness (QED) is 0.661. The molecule has 0 amide bonds. The topological polar surface area (TPSA) is 53.3 Å². The second-order valence-corrected chi connectivity index (χ2v) is 7.35. The van der Waals surface area contributed by atoms with Crippen LogP contribution in [0.4, 0.5) is 0 Å². The molecule has 0 radical (unpaired) electrons. The smallest absolute Gasteiger partial charge is 0.0318 e. The lowest BCUT2D eigenvalue weighted by molar-refractivity contribution is 0.212. The van der Waals surface area contributed by atoms with E-state index in [1.807, 2.05) is 0 Å². The molecule has 4 N–H and O–H groups in total. The summed E-state index contributed by atoms with van der Waals surface area (Å²) >= 11 is 0. The summed E-state index contributed by atoms with van der Waals surface area (Å²) in [6, 6.07) is 1.40. The fourth-order valence-corrected chi connectivity index (χ4v) is 3.13. The number of nitrogens with one attached hydrogen (secondary N) is 2. The Hall–Kier alpha value is -0.160. The van der Waals surface area contributed by atoms with Crippen LogP contribution in [0, 0.1) is 11.3 Å². The van der Waals surface area contributed by atoms with Gasteiger partial charge in [0.25, 0.3) is 0 Å². The SMILES string of the molecule is CC(C)(C)C1CC(CNC2CNC2)N(CCCN)C1. The lowest BCUT2D eigenvalue weighted by Gasteiger charge is -2.31. The molecule has 0 saturated carbocycles. The van der Waals surface area contributed by atoms with Crippen molar-refractivity contribution in [2.45, 2.75) is 45.7 Å². The van der Waals surface area contributed by atoms with E-state index in [-0.39, 0.29) is 0 Å². The highest BCUT2D eigenvalue weighted by Crippen LogP contribution is 2.36. The van der Waals surface area contributed by atoms with Crippen molar-refractivity contribution in [3.05, 3.63) is 0 Å². The van der Waals surface area contributed by atoms with Crippen LogP contribution in [0.3, 0.4) is 0 Å². The molecule has 4 heteroatoms. The van der Waals surface area contributed by atoms with Crippen LogP contribution in [-0.2, 0) is 0 Å². The first-order chi connectivity index (χ1) is 9.00. The van der Waals surface area contributed by atoms with Crippen LogP contribution in [0.25, 0.3) is 0 Å². The molecule has 0 aromatic rings. The molecule has 2 aliphatic heterocycles. The minimum Gasteiger partial charge on any atom is -0.330 e. The molecule has 2 aliphatic rings. The van der Waals surface area contributed by atoms with E-state index in [1.54, 1.807) is 0 Å². The summed E-state index contributed by atoms with van der Waals surface area (Å²) in [5, 5.41) is 7.03. The zero-order valence-corrected chi connectivity index (χ0v) is 12.9. The molecule has 0 bridgehead atoms. The van der Waals surface area contributed by atoms with Gasteiger partial charge in [-0.25, -0.2) is 0 Å². The lowest BCUT2D eigenvalue weighted by atomic mass is 9.79. The van der Waals surface area contributed by atoms with Crippen LogP contribution in [0.1, 0.15) is 33.6 Å². The summed E-state index contributed by atoms with van der Waals surface area (Å²) < 4.78 is 0. The molecule has 2 fully saturated rings. The van der Waals surface area contributed by atoms with Crippen LogP contribution in [0.15, 0.2) is 0 Å². The van der Waals surface area contributed by atoms with Crippen LogP contribution in [-0.4, -0.2) is 56.3 Å². The Morgan fingerprint density at radius 3 is 2.58 bits per heavy atom. The van der Waals surface area contributed by atoms with Gasteiger partial charge in [-0.15, -0.1) is 0 Å². The van der Waals surface area contributed by atoms with Gasteiger partial charge in [-0.05, 0) is 37.3 Å². The first-order valence-electron chi connectivity index (χ1n) is 7.89. The maximum atomic E-state index is 5.67. The average Bonchev–Trinajstić information content (AvgIpc) is 2.67. The van der Waals surface area contributed by atoms with Crippen LogP contribution >= 0.6 is 0 Å². The fraction of sp³-hybridized carbons (Fsp3) is 1.00. The standard InChI is InChI=1S/C15H32N4/c1-15(2,3)12-7-14(10-18-13-8-17-9-13)19(11-12)6-4-5-16/h12-14,17-18H,4-11,16H2,1-3H3. The highest BCUT2D eigenvalue weighted by atomic mass is 15.2. The van der Waals surface area contributed by atoms with Gasteiger partial charge in [0.05, 0.1) is 0 Å². The van der Waals surface area contributed by atoms with E-state index in [1.165, 1.54) is 19.5 Å². The highest BCUT2D eigenvalue weighted by Gasteiger charge is 2.37. The van der Waals surface area contributed by atoms with Gasteiger partial charge < -0.3 is 16.4 Å². The van der Waals surface area contributed by atoms with E-state index < -0.39 is 0 Å². The first-order valence-corrected chi connectivity index (χ1v) is 7.89. The van der Waals surface area contributed by atoms with E-state index in [0.29, 0.717) is 17.5 Å². The fourth-order valence-electron chi connectivity index (χ4n) is 3.13. The Labute approximate surface area is 118 Å². The number of hydrogen-bond acceptors (Lipinski definition) is 4. The Balaban J connectivity index is 1.84. The summed E-state index contributed by atoms with van der Waals surface area (Å²) in [6.45, 7) is 13.8. The Bertz CT molecular complexity index is 270. The van der Waals surface area contributed by atoms with Crippen molar-refractivity contribution >= 4 is 0 Å². The van der Waals surface area contributed by atoms with E-state index in [9.17, 15) is 0 Å². The van der Waals surface area contributed by atoms with Gasteiger partial charge in [-0.3, -0.25) is 4.90 Å². The molecule has 2 saturated heterocycles. The number of nitrogens with zero attached hydrogens (tertiary/aromatic N) is 1. The van der Waals surface area contributed by atoms with Gasteiger partial charge in [0.15, 0.2) is 0 Å². The van der Waals surface area contributed by atoms with Gasteiger partial charge >= 0.3 is 0 Å². The minimum atomic E-state index is 0.424. The van der Waals surface area contributed by atoms with Gasteiger partial charge in [-0.1, -0.05) is 20.8 Å². The molecule has 2 rings (SSSR count). The normalized spacial score (nSPS) is 29.7. The van der Waals surface area contributed by atoms with Crippen molar-refractivity contribution in [1.82, 2.24) is 15.5 Å². The Morgan fingerprint density at radius 1 is 1.32 bits per heavy atom. The zero-order valence-electron chi connectivity index (χ0n) is 12.9. The van der Waals surface area contributed by atoms with Crippen molar-refractivity contribution < 1.29 is 0 Å². The van der Waals surface area contributed by atoms with E-state index >= 15 is 0 Å². The van der Waals surface area contributed by atoms with Gasteiger partial charge in [-0.2, -0.15) is 0 Å². The molecule has 4 nitrogen and oxygen atoms in total. The van der Waals surface area contributed by atoms with Crippen LogP contribution < -0.4 is 16.4 Å². The second kappa shape index (κ2) is 6.53. The molecule has 19 heavy (non-hydrogen) atoms. The Kier molecular flexibility index (Phi) is 5.23. The second-order valence-electron chi connectivity index (χ2n) is 7.35. The Morgan fingerprint density at radius 2 is 2.05 bits per heavy atom. The predicted molar refractivity (Wildman–Crippen MR) is 81.3 cm³/mol. The van der Waals surface area contributed by atoms with Crippen molar-refractivity contribution in [3.63, 3.8) is 0 Å². The monoisotopic (exact) mass is 268 g/mol.